The van der Waals surface area contributed by atoms with Gasteiger partial charge in [0.25, 0.3) is 0 Å². The van der Waals surface area contributed by atoms with Gasteiger partial charge in [-0.25, -0.2) is 0 Å². The quantitative estimate of drug-likeness (QED) is 0.555. The summed E-state index contributed by atoms with van der Waals surface area (Å²) in [5, 5.41) is 5.35. The molecule has 6 nitrogen and oxygen atoms in total. The Labute approximate surface area is 156 Å². The molecule has 0 saturated carbocycles. The number of benzene rings is 1. The van der Waals surface area contributed by atoms with E-state index in [0.717, 1.165) is 43.0 Å². The number of fused-ring (bicyclic) bond motifs is 1. The highest BCUT2D eigenvalue weighted by molar-refractivity contribution is 5.81. The van der Waals surface area contributed by atoms with Crippen LogP contribution in [0.25, 0.3) is 22.3 Å². The van der Waals surface area contributed by atoms with Gasteiger partial charge >= 0.3 is 0 Å². The van der Waals surface area contributed by atoms with Crippen molar-refractivity contribution in [2.75, 3.05) is 13.1 Å². The molecular weight excluding hydrogens is 338 g/mol. The van der Waals surface area contributed by atoms with Gasteiger partial charge in [0.05, 0.1) is 11.4 Å². The zero-order valence-electron chi connectivity index (χ0n) is 14.8. The summed E-state index contributed by atoms with van der Waals surface area (Å²) in [6.45, 7) is 2.85. The Balaban J connectivity index is 1.31. The fraction of sp³-hybridized carbons (Fsp3) is 0.238. The largest absolute Gasteiger partial charge is 0.339 e. The molecule has 27 heavy (non-hydrogen) atoms. The molecule has 134 valence electrons. The highest BCUT2D eigenvalue weighted by atomic mass is 16.5. The fourth-order valence-corrected chi connectivity index (χ4v) is 3.72. The number of hydrogen-bond donors (Lipinski definition) is 0. The van der Waals surface area contributed by atoms with Crippen molar-refractivity contribution in [2.45, 2.75) is 18.9 Å². The van der Waals surface area contributed by atoms with Crippen molar-refractivity contribution in [3.63, 3.8) is 0 Å². The van der Waals surface area contributed by atoms with E-state index in [0.29, 0.717) is 5.82 Å². The van der Waals surface area contributed by atoms with E-state index < -0.39 is 0 Å². The second kappa shape index (κ2) is 6.89. The maximum absolute atomic E-state index is 5.55. The average Bonchev–Trinajstić information content (AvgIpc) is 3.39. The van der Waals surface area contributed by atoms with Crippen LogP contribution in [-0.2, 0) is 6.54 Å². The molecule has 5 rings (SSSR count). The Kier molecular flexibility index (Phi) is 4.10. The number of hydrogen-bond acceptors (Lipinski definition) is 6. The van der Waals surface area contributed by atoms with Crippen LogP contribution in [0.2, 0.25) is 0 Å². The summed E-state index contributed by atoms with van der Waals surface area (Å²) in [7, 11) is 0. The second-order valence-corrected chi connectivity index (χ2v) is 6.91. The first-order valence-corrected chi connectivity index (χ1v) is 9.16. The third kappa shape index (κ3) is 3.19. The maximum atomic E-state index is 5.55. The van der Waals surface area contributed by atoms with Gasteiger partial charge in [-0.2, -0.15) is 4.98 Å². The highest BCUT2D eigenvalue weighted by Crippen LogP contribution is 2.29. The van der Waals surface area contributed by atoms with Crippen LogP contribution in [0.1, 0.15) is 23.8 Å². The Bertz CT molecular complexity index is 1060. The van der Waals surface area contributed by atoms with Crippen LogP contribution in [0.5, 0.6) is 0 Å². The van der Waals surface area contributed by atoms with E-state index in [2.05, 4.69) is 49.3 Å². The lowest BCUT2D eigenvalue weighted by atomic mass is 10.1. The molecule has 0 N–H and O–H groups in total. The summed E-state index contributed by atoms with van der Waals surface area (Å²) < 4.78 is 5.55. The molecule has 0 aliphatic carbocycles. The molecule has 3 aromatic heterocycles. The van der Waals surface area contributed by atoms with Gasteiger partial charge in [-0.1, -0.05) is 23.4 Å². The molecule has 1 atom stereocenters. The molecular formula is C21H19N5O. The summed E-state index contributed by atoms with van der Waals surface area (Å²) in [5.41, 5.74) is 3.23. The van der Waals surface area contributed by atoms with Crippen molar-refractivity contribution < 1.29 is 4.52 Å². The van der Waals surface area contributed by atoms with Crippen molar-refractivity contribution in [2.24, 2.45) is 0 Å². The molecule has 1 saturated heterocycles. The minimum absolute atomic E-state index is 0.274. The number of pyridine rings is 2. The first-order valence-electron chi connectivity index (χ1n) is 9.16. The lowest BCUT2D eigenvalue weighted by molar-refractivity contribution is 0.310. The van der Waals surface area contributed by atoms with Crippen LogP contribution < -0.4 is 0 Å². The zero-order valence-corrected chi connectivity index (χ0v) is 14.8. The van der Waals surface area contributed by atoms with Crippen LogP contribution >= 0.6 is 0 Å². The monoisotopic (exact) mass is 357 g/mol. The summed E-state index contributed by atoms with van der Waals surface area (Å²) in [4.78, 5) is 15.6. The maximum Gasteiger partial charge on any atom is 0.231 e. The summed E-state index contributed by atoms with van der Waals surface area (Å²) in [5.74, 6) is 1.60. The Morgan fingerprint density at radius 1 is 1.07 bits per heavy atom. The van der Waals surface area contributed by atoms with E-state index in [-0.39, 0.29) is 5.92 Å². The molecule has 0 amide bonds. The summed E-state index contributed by atoms with van der Waals surface area (Å²) in [6.07, 6.45) is 6.41. The SMILES string of the molecule is c1cncc(-c2noc([C@H]3CCN(Cc4ccnc5ccccc45)C3)n2)c1. The smallest absolute Gasteiger partial charge is 0.231 e. The molecule has 0 radical (unpaired) electrons. The van der Waals surface area contributed by atoms with Crippen molar-refractivity contribution in [3.8, 4) is 11.4 Å². The van der Waals surface area contributed by atoms with Crippen LogP contribution in [-0.4, -0.2) is 38.1 Å². The molecule has 1 fully saturated rings. The predicted octanol–water partition coefficient (Wildman–Crippen LogP) is 3.67. The average molecular weight is 357 g/mol. The lowest BCUT2D eigenvalue weighted by Crippen LogP contribution is -2.20. The Morgan fingerprint density at radius 3 is 2.96 bits per heavy atom. The van der Waals surface area contributed by atoms with Crippen molar-refractivity contribution >= 4 is 10.9 Å². The van der Waals surface area contributed by atoms with Crippen LogP contribution in [0, 0.1) is 0 Å². The molecule has 0 bridgehead atoms. The fourth-order valence-electron chi connectivity index (χ4n) is 3.72. The lowest BCUT2D eigenvalue weighted by Gasteiger charge is -2.16. The third-order valence-electron chi connectivity index (χ3n) is 5.12. The number of rotatable bonds is 4. The van der Waals surface area contributed by atoms with Crippen molar-refractivity contribution in [3.05, 3.63) is 72.5 Å². The Morgan fingerprint density at radius 2 is 2.04 bits per heavy atom. The molecule has 4 heterocycles. The molecule has 0 unspecified atom stereocenters. The van der Waals surface area contributed by atoms with Gasteiger partial charge in [-0.15, -0.1) is 0 Å². The van der Waals surface area contributed by atoms with Gasteiger partial charge in [0.2, 0.25) is 11.7 Å². The van der Waals surface area contributed by atoms with E-state index >= 15 is 0 Å². The van der Waals surface area contributed by atoms with Gasteiger partial charge in [-0.3, -0.25) is 14.9 Å². The van der Waals surface area contributed by atoms with Crippen LogP contribution in [0.15, 0.2) is 65.6 Å². The topological polar surface area (TPSA) is 67.9 Å². The van der Waals surface area contributed by atoms with Gasteiger partial charge in [0.15, 0.2) is 0 Å². The zero-order chi connectivity index (χ0) is 18.1. The van der Waals surface area contributed by atoms with E-state index in [1.54, 1.807) is 12.4 Å². The van der Waals surface area contributed by atoms with E-state index in [1.165, 1.54) is 10.9 Å². The van der Waals surface area contributed by atoms with Gasteiger partial charge in [0, 0.05) is 42.6 Å². The first-order chi connectivity index (χ1) is 13.4. The molecule has 4 aromatic rings. The number of nitrogens with zero attached hydrogens (tertiary/aromatic N) is 5. The molecule has 0 spiro atoms. The number of likely N-dealkylation sites (tertiary alicyclic amines) is 1. The minimum Gasteiger partial charge on any atom is -0.339 e. The summed E-state index contributed by atoms with van der Waals surface area (Å²) >= 11 is 0. The molecule has 1 aliphatic heterocycles. The molecule has 1 aliphatic rings. The standard InChI is InChI=1S/C21H19N5O/c1-2-6-19-18(5-1)16(7-10-23-19)13-26-11-8-17(14-26)21-24-20(25-27-21)15-4-3-9-22-12-15/h1-7,9-10,12,17H,8,11,13-14H2/t17-/m0/s1. The van der Waals surface area contributed by atoms with Gasteiger partial charge in [0.1, 0.15) is 0 Å². The molecule has 6 heteroatoms. The minimum atomic E-state index is 0.274. The normalized spacial score (nSPS) is 17.6. The van der Waals surface area contributed by atoms with Crippen molar-refractivity contribution in [1.82, 2.24) is 25.0 Å². The van der Waals surface area contributed by atoms with Gasteiger partial charge < -0.3 is 4.52 Å². The van der Waals surface area contributed by atoms with E-state index in [9.17, 15) is 0 Å². The summed E-state index contributed by atoms with van der Waals surface area (Å²) in [6, 6.07) is 14.2. The van der Waals surface area contributed by atoms with Crippen LogP contribution in [0.4, 0.5) is 0 Å². The first kappa shape index (κ1) is 16.1. The number of para-hydroxylation sites is 1. The predicted molar refractivity (Wildman–Crippen MR) is 102 cm³/mol. The Hall–Kier alpha value is -3.12. The number of aromatic nitrogens is 4. The van der Waals surface area contributed by atoms with Gasteiger partial charge in [-0.05, 0) is 42.8 Å². The van der Waals surface area contributed by atoms with E-state index in [4.69, 9.17) is 4.52 Å². The van der Waals surface area contributed by atoms with E-state index in [1.807, 2.05) is 24.4 Å². The third-order valence-corrected chi connectivity index (χ3v) is 5.12. The van der Waals surface area contributed by atoms with Crippen LogP contribution in [0.3, 0.4) is 0 Å². The highest BCUT2D eigenvalue weighted by Gasteiger charge is 2.28. The molecule has 1 aromatic carbocycles. The van der Waals surface area contributed by atoms with Crippen molar-refractivity contribution in [1.29, 1.82) is 0 Å². The second-order valence-electron chi connectivity index (χ2n) is 6.91.